The van der Waals surface area contributed by atoms with Gasteiger partial charge in [-0.15, -0.1) is 0 Å². The van der Waals surface area contributed by atoms with Gasteiger partial charge in [-0.05, 0) is 43.9 Å². The maximum Gasteiger partial charge on any atom is 0.257 e. The second-order valence-electron chi connectivity index (χ2n) is 7.15. The van der Waals surface area contributed by atoms with Gasteiger partial charge in [0.05, 0.1) is 31.0 Å². The first-order valence-electron chi connectivity index (χ1n) is 9.79. The summed E-state index contributed by atoms with van der Waals surface area (Å²) in [6.45, 7) is 2.31. The number of ether oxygens (including phenoxy) is 1. The van der Waals surface area contributed by atoms with Crippen molar-refractivity contribution in [3.05, 3.63) is 63.0 Å². The van der Waals surface area contributed by atoms with Crippen molar-refractivity contribution in [2.75, 3.05) is 7.11 Å². The monoisotopic (exact) mass is 390 g/mol. The van der Waals surface area contributed by atoms with E-state index in [4.69, 9.17) is 14.2 Å². The lowest BCUT2D eigenvalue weighted by Gasteiger charge is -2.18. The van der Waals surface area contributed by atoms with Gasteiger partial charge in [0.2, 0.25) is 0 Å². The second kappa shape index (κ2) is 7.92. The Labute approximate surface area is 168 Å². The van der Waals surface area contributed by atoms with Crippen molar-refractivity contribution >= 4 is 0 Å². The van der Waals surface area contributed by atoms with Gasteiger partial charge in [-0.3, -0.25) is 9.36 Å². The minimum absolute atomic E-state index is 0.0317. The molecule has 0 radical (unpaired) electrons. The highest BCUT2D eigenvalue weighted by Gasteiger charge is 2.20. The molecule has 2 aromatic heterocycles. The molecule has 0 saturated carbocycles. The number of nitriles is 1. The Bertz CT molecular complexity index is 1150. The molecule has 0 atom stereocenters. The Hall–Kier alpha value is -3.40. The van der Waals surface area contributed by atoms with E-state index in [0.29, 0.717) is 41.3 Å². The van der Waals surface area contributed by atoms with Crippen LogP contribution >= 0.6 is 0 Å². The molecule has 1 aliphatic carbocycles. The van der Waals surface area contributed by atoms with Crippen molar-refractivity contribution in [3.63, 3.8) is 0 Å². The molecule has 2 heterocycles. The lowest BCUT2D eigenvalue weighted by atomic mass is 9.97. The van der Waals surface area contributed by atoms with Gasteiger partial charge in [-0.2, -0.15) is 5.26 Å². The van der Waals surface area contributed by atoms with Crippen LogP contribution in [-0.4, -0.2) is 21.8 Å². The Morgan fingerprint density at radius 2 is 2.07 bits per heavy atom. The summed E-state index contributed by atoms with van der Waals surface area (Å²) in [6.07, 6.45) is 4.46. The average Bonchev–Trinajstić information content (AvgIpc) is 3.24. The zero-order chi connectivity index (χ0) is 20.4. The van der Waals surface area contributed by atoms with E-state index in [1.807, 2.05) is 6.92 Å². The molecule has 0 spiro atoms. The van der Waals surface area contributed by atoms with Crippen LogP contribution in [0.3, 0.4) is 0 Å². The molecule has 7 heteroatoms. The van der Waals surface area contributed by atoms with E-state index in [2.05, 4.69) is 11.2 Å². The average molecular weight is 390 g/mol. The normalized spacial score (nSPS) is 13.0. The fourth-order valence-electron chi connectivity index (χ4n) is 3.78. The van der Waals surface area contributed by atoms with Gasteiger partial charge in [0.15, 0.2) is 5.76 Å². The van der Waals surface area contributed by atoms with Gasteiger partial charge in [0.25, 0.3) is 5.56 Å². The number of fused-ring (bicyclic) bond motifs is 1. The highest BCUT2D eigenvalue weighted by molar-refractivity contribution is 5.62. The quantitative estimate of drug-likeness (QED) is 0.664. The Kier molecular flexibility index (Phi) is 5.17. The number of nitrogens with zero attached hydrogens (tertiary/aromatic N) is 4. The van der Waals surface area contributed by atoms with Crippen molar-refractivity contribution < 1.29 is 9.26 Å². The largest absolute Gasteiger partial charge is 0.497 e. The predicted octanol–water partition coefficient (Wildman–Crippen LogP) is 3.27. The molecule has 4 rings (SSSR count). The van der Waals surface area contributed by atoms with Crippen LogP contribution in [0.15, 0.2) is 33.6 Å². The van der Waals surface area contributed by atoms with E-state index in [1.54, 1.807) is 35.9 Å². The molecule has 0 aliphatic heterocycles. The van der Waals surface area contributed by atoms with Crippen LogP contribution in [0, 0.1) is 11.3 Å². The first-order valence-corrected chi connectivity index (χ1v) is 9.79. The lowest BCUT2D eigenvalue weighted by Crippen LogP contribution is -2.32. The predicted molar refractivity (Wildman–Crippen MR) is 107 cm³/mol. The standard InChI is InChI=1S/C22H22N4O3/c1-3-21-24-19-7-5-4-6-18(19)22(27)26(21)13-16-11-20(29-25-16)15-8-14(12-23)9-17(10-15)28-2/h8-11H,3-7,13H2,1-2H3. The lowest BCUT2D eigenvalue weighted by molar-refractivity contribution is 0.411. The van der Waals surface area contributed by atoms with Gasteiger partial charge < -0.3 is 9.26 Å². The highest BCUT2D eigenvalue weighted by Crippen LogP contribution is 2.27. The summed E-state index contributed by atoms with van der Waals surface area (Å²) in [6, 6.07) is 9.07. The summed E-state index contributed by atoms with van der Waals surface area (Å²) < 4.78 is 12.5. The van der Waals surface area contributed by atoms with Crippen LogP contribution < -0.4 is 10.3 Å². The molecule has 0 unspecified atom stereocenters. The molecular weight excluding hydrogens is 368 g/mol. The number of rotatable bonds is 5. The Morgan fingerprint density at radius 1 is 1.24 bits per heavy atom. The molecule has 0 fully saturated rings. The van der Waals surface area contributed by atoms with Crippen molar-refractivity contribution in [2.45, 2.75) is 45.6 Å². The zero-order valence-electron chi connectivity index (χ0n) is 16.6. The summed E-state index contributed by atoms with van der Waals surface area (Å²) in [7, 11) is 1.55. The third kappa shape index (κ3) is 3.66. The minimum atomic E-state index is 0.0317. The van der Waals surface area contributed by atoms with E-state index in [-0.39, 0.29) is 5.56 Å². The van der Waals surface area contributed by atoms with E-state index in [9.17, 15) is 10.1 Å². The molecule has 0 amide bonds. The van der Waals surface area contributed by atoms with Crippen LogP contribution in [0.1, 0.15) is 48.1 Å². The molecule has 0 N–H and O–H groups in total. The molecule has 7 nitrogen and oxygen atoms in total. The molecule has 1 aromatic carbocycles. The first-order chi connectivity index (χ1) is 14.1. The zero-order valence-corrected chi connectivity index (χ0v) is 16.6. The van der Waals surface area contributed by atoms with Crippen LogP contribution in [0.25, 0.3) is 11.3 Å². The number of methoxy groups -OCH3 is 1. The van der Waals surface area contributed by atoms with Gasteiger partial charge in [-0.25, -0.2) is 4.98 Å². The Morgan fingerprint density at radius 3 is 2.83 bits per heavy atom. The summed E-state index contributed by atoms with van der Waals surface area (Å²) >= 11 is 0. The topological polar surface area (TPSA) is 93.9 Å². The van der Waals surface area contributed by atoms with E-state index in [1.165, 1.54) is 0 Å². The molecule has 0 saturated heterocycles. The maximum atomic E-state index is 13.1. The molecule has 0 bridgehead atoms. The number of hydrogen-bond donors (Lipinski definition) is 0. The van der Waals surface area contributed by atoms with Gasteiger partial charge in [0.1, 0.15) is 17.3 Å². The molecule has 29 heavy (non-hydrogen) atoms. The summed E-state index contributed by atoms with van der Waals surface area (Å²) in [5.74, 6) is 1.86. The van der Waals surface area contributed by atoms with Crippen molar-refractivity contribution in [1.29, 1.82) is 5.26 Å². The van der Waals surface area contributed by atoms with Crippen molar-refractivity contribution in [3.8, 4) is 23.1 Å². The fraction of sp³-hybridized carbons (Fsp3) is 0.364. The SMILES string of the molecule is CCc1nc2c(c(=O)n1Cc1cc(-c3cc(C#N)cc(OC)c3)on1)CCCC2. The van der Waals surface area contributed by atoms with Crippen LogP contribution in [0.4, 0.5) is 0 Å². The second-order valence-corrected chi connectivity index (χ2v) is 7.15. The molecular formula is C22H22N4O3. The smallest absolute Gasteiger partial charge is 0.257 e. The van der Waals surface area contributed by atoms with Crippen LogP contribution in [0.5, 0.6) is 5.75 Å². The van der Waals surface area contributed by atoms with Gasteiger partial charge in [0, 0.05) is 23.6 Å². The van der Waals surface area contributed by atoms with E-state index < -0.39 is 0 Å². The summed E-state index contributed by atoms with van der Waals surface area (Å²) in [5.41, 5.74) is 3.63. The Balaban J connectivity index is 1.69. The minimum Gasteiger partial charge on any atom is -0.497 e. The molecule has 3 aromatic rings. The van der Waals surface area contributed by atoms with Crippen molar-refractivity contribution in [2.24, 2.45) is 0 Å². The number of aryl methyl sites for hydroxylation is 2. The van der Waals surface area contributed by atoms with E-state index in [0.717, 1.165) is 42.8 Å². The first kappa shape index (κ1) is 18.9. The number of benzene rings is 1. The van der Waals surface area contributed by atoms with Crippen molar-refractivity contribution in [1.82, 2.24) is 14.7 Å². The maximum absolute atomic E-state index is 13.1. The van der Waals surface area contributed by atoms with Crippen LogP contribution in [-0.2, 0) is 25.8 Å². The van der Waals surface area contributed by atoms with E-state index >= 15 is 0 Å². The third-order valence-electron chi connectivity index (χ3n) is 5.27. The van der Waals surface area contributed by atoms with Gasteiger partial charge in [-0.1, -0.05) is 12.1 Å². The number of aromatic nitrogens is 3. The molecule has 1 aliphatic rings. The summed E-state index contributed by atoms with van der Waals surface area (Å²) in [4.78, 5) is 17.8. The summed E-state index contributed by atoms with van der Waals surface area (Å²) in [5, 5.41) is 13.4. The van der Waals surface area contributed by atoms with Gasteiger partial charge >= 0.3 is 0 Å². The molecule has 148 valence electrons. The highest BCUT2D eigenvalue weighted by atomic mass is 16.5. The number of hydrogen-bond acceptors (Lipinski definition) is 6. The fourth-order valence-corrected chi connectivity index (χ4v) is 3.78. The third-order valence-corrected chi connectivity index (χ3v) is 5.27. The van der Waals surface area contributed by atoms with Crippen LogP contribution in [0.2, 0.25) is 0 Å².